The molecule has 0 radical (unpaired) electrons. The van der Waals surface area contributed by atoms with E-state index in [1.54, 1.807) is 7.05 Å². The number of amidine groups is 1. The molecule has 0 heterocycles. The summed E-state index contributed by atoms with van der Waals surface area (Å²) in [6, 6.07) is 15.4. The van der Waals surface area contributed by atoms with Gasteiger partial charge in [-0.1, -0.05) is 31.0 Å². The molecule has 5 heteroatoms. The molecule has 2 rings (SSSR count). The van der Waals surface area contributed by atoms with Gasteiger partial charge < -0.3 is 10.5 Å². The van der Waals surface area contributed by atoms with Crippen LogP contribution in [0.3, 0.4) is 0 Å². The lowest BCUT2D eigenvalue weighted by molar-refractivity contribution is 0.368. The molecule has 0 aliphatic rings. The van der Waals surface area contributed by atoms with Crippen LogP contribution >= 0.6 is 0 Å². The van der Waals surface area contributed by atoms with Crippen molar-refractivity contribution in [3.63, 3.8) is 0 Å². The fourth-order valence-electron chi connectivity index (χ4n) is 2.11. The number of benzene rings is 2. The molecule has 0 amide bonds. The molecule has 0 unspecified atom stereocenters. The van der Waals surface area contributed by atoms with Crippen LogP contribution < -0.4 is 10.5 Å². The first kappa shape index (κ1) is 21.9. The minimum absolute atomic E-state index is 0.114. The lowest BCUT2D eigenvalue weighted by Crippen LogP contribution is -2.00. The van der Waals surface area contributed by atoms with Gasteiger partial charge in [-0.05, 0) is 56.2 Å². The zero-order valence-corrected chi connectivity index (χ0v) is 16.6. The number of nitrogens with two attached hydrogens (primary N) is 1. The van der Waals surface area contributed by atoms with E-state index in [0.29, 0.717) is 0 Å². The Morgan fingerprint density at radius 3 is 2.44 bits per heavy atom. The molecule has 0 aliphatic carbocycles. The molecule has 142 valence electrons. The molecule has 5 nitrogen and oxygen atoms in total. The van der Waals surface area contributed by atoms with E-state index in [1.807, 2.05) is 68.6 Å². The summed E-state index contributed by atoms with van der Waals surface area (Å²) in [7, 11) is 1.75. The van der Waals surface area contributed by atoms with Crippen molar-refractivity contribution in [1.29, 1.82) is 5.26 Å². The van der Waals surface area contributed by atoms with Crippen LogP contribution in [0.25, 0.3) is 0 Å². The third kappa shape index (κ3) is 8.19. The topological polar surface area (TPSA) is 83.8 Å². The Morgan fingerprint density at radius 2 is 1.89 bits per heavy atom. The predicted molar refractivity (Wildman–Crippen MR) is 114 cm³/mol. The Morgan fingerprint density at radius 1 is 1.19 bits per heavy atom. The minimum Gasteiger partial charge on any atom is -0.479 e. The first-order valence-electron chi connectivity index (χ1n) is 8.94. The highest BCUT2D eigenvalue weighted by Gasteiger charge is 2.02. The monoisotopic (exact) mass is 364 g/mol. The van der Waals surface area contributed by atoms with E-state index >= 15 is 0 Å². The Bertz CT molecular complexity index is 802. The normalized spacial score (nSPS) is 10.9. The molecule has 0 saturated heterocycles. The van der Waals surface area contributed by atoms with Crippen molar-refractivity contribution in [2.75, 3.05) is 19.4 Å². The summed E-state index contributed by atoms with van der Waals surface area (Å²) in [4.78, 5) is 8.54. The van der Waals surface area contributed by atoms with Gasteiger partial charge >= 0.3 is 0 Å². The number of ether oxygens (including phenoxy) is 1. The van der Waals surface area contributed by atoms with Crippen LogP contribution in [0.5, 0.6) is 5.75 Å². The van der Waals surface area contributed by atoms with E-state index in [-0.39, 0.29) is 6.61 Å². The number of anilines is 1. The molecule has 2 N–H and O–H groups in total. The lowest BCUT2D eigenvalue weighted by Gasteiger charge is -2.04. The summed E-state index contributed by atoms with van der Waals surface area (Å²) in [5.74, 6) is 1.51. The third-order valence-corrected chi connectivity index (χ3v) is 3.70. The number of rotatable bonds is 5. The Labute approximate surface area is 162 Å². The molecular formula is C22H28N4O. The van der Waals surface area contributed by atoms with E-state index in [0.717, 1.165) is 41.2 Å². The van der Waals surface area contributed by atoms with Crippen molar-refractivity contribution in [3.05, 3.63) is 59.2 Å². The van der Waals surface area contributed by atoms with Crippen LogP contribution in [0, 0.1) is 25.2 Å². The maximum absolute atomic E-state index is 8.21. The van der Waals surface area contributed by atoms with E-state index in [4.69, 9.17) is 15.7 Å². The summed E-state index contributed by atoms with van der Waals surface area (Å²) >= 11 is 0. The maximum Gasteiger partial charge on any atom is 0.174 e. The second-order valence-electron chi connectivity index (χ2n) is 5.98. The molecule has 27 heavy (non-hydrogen) atoms. The smallest absolute Gasteiger partial charge is 0.174 e. The SMILES string of the molecule is CCCC=NC(=NC)c1ccc(N)c(C)c1.Cc1ccc(OCC#N)cc1. The van der Waals surface area contributed by atoms with Gasteiger partial charge in [-0.2, -0.15) is 5.26 Å². The van der Waals surface area contributed by atoms with Gasteiger partial charge in [0, 0.05) is 24.5 Å². The highest BCUT2D eigenvalue weighted by Crippen LogP contribution is 2.14. The molecule has 0 atom stereocenters. The summed E-state index contributed by atoms with van der Waals surface area (Å²) < 4.78 is 5.05. The molecular weight excluding hydrogens is 336 g/mol. The highest BCUT2D eigenvalue weighted by atomic mass is 16.5. The standard InChI is InChI=1S/C13H19N3.C9H9NO/c1-4-5-8-16-13(15-3)11-6-7-12(14)10(2)9-11;1-8-2-4-9(5-3-8)11-7-6-10/h6-9H,4-5,14H2,1-3H3;2-5H,7H2,1H3. The summed E-state index contributed by atoms with van der Waals surface area (Å²) in [5.41, 5.74) is 9.84. The number of nitrogens with zero attached hydrogens (tertiary/aromatic N) is 3. The summed E-state index contributed by atoms with van der Waals surface area (Å²) in [5, 5.41) is 8.21. The van der Waals surface area contributed by atoms with E-state index in [2.05, 4.69) is 16.9 Å². The van der Waals surface area contributed by atoms with Gasteiger partial charge in [0.1, 0.15) is 11.8 Å². The van der Waals surface area contributed by atoms with Crippen molar-refractivity contribution < 1.29 is 4.74 Å². The summed E-state index contributed by atoms with van der Waals surface area (Å²) in [6.07, 6.45) is 3.99. The molecule has 0 saturated carbocycles. The van der Waals surface area contributed by atoms with Gasteiger partial charge in [-0.3, -0.25) is 4.99 Å². The molecule has 0 fully saturated rings. The van der Waals surface area contributed by atoms with Crippen LogP contribution in [-0.4, -0.2) is 25.7 Å². The molecule has 0 aliphatic heterocycles. The van der Waals surface area contributed by atoms with Crippen molar-refractivity contribution in [3.8, 4) is 11.8 Å². The predicted octanol–water partition coefficient (Wildman–Crippen LogP) is 4.72. The van der Waals surface area contributed by atoms with Crippen LogP contribution in [0.1, 0.15) is 36.5 Å². The fraction of sp³-hybridized carbons (Fsp3) is 0.318. The second-order valence-corrected chi connectivity index (χ2v) is 5.98. The average Bonchev–Trinajstić information content (AvgIpc) is 2.68. The van der Waals surface area contributed by atoms with E-state index in [9.17, 15) is 0 Å². The Hall–Kier alpha value is -3.13. The largest absolute Gasteiger partial charge is 0.479 e. The number of nitrogen functional groups attached to an aromatic ring is 1. The van der Waals surface area contributed by atoms with Gasteiger partial charge in [0.25, 0.3) is 0 Å². The molecule has 0 spiro atoms. The quantitative estimate of drug-likeness (QED) is 0.473. The number of unbranched alkanes of at least 4 members (excludes halogenated alkanes) is 1. The van der Waals surface area contributed by atoms with E-state index < -0.39 is 0 Å². The minimum atomic E-state index is 0.114. The number of hydrogen-bond donors (Lipinski definition) is 1. The fourth-order valence-corrected chi connectivity index (χ4v) is 2.11. The van der Waals surface area contributed by atoms with Gasteiger partial charge in [0.15, 0.2) is 12.4 Å². The van der Waals surface area contributed by atoms with Crippen molar-refractivity contribution in [2.45, 2.75) is 33.6 Å². The Balaban J connectivity index is 0.000000289. The molecule has 0 aromatic heterocycles. The van der Waals surface area contributed by atoms with Crippen molar-refractivity contribution in [1.82, 2.24) is 0 Å². The highest BCUT2D eigenvalue weighted by molar-refractivity contribution is 6.03. The molecule has 2 aromatic rings. The van der Waals surface area contributed by atoms with Crippen molar-refractivity contribution in [2.24, 2.45) is 9.98 Å². The first-order chi connectivity index (χ1) is 13.0. The second kappa shape index (κ2) is 12.3. The zero-order chi connectivity index (χ0) is 20.1. The third-order valence-electron chi connectivity index (χ3n) is 3.70. The number of aryl methyl sites for hydroxylation is 2. The van der Waals surface area contributed by atoms with Crippen LogP contribution in [0.2, 0.25) is 0 Å². The maximum atomic E-state index is 8.21. The molecule has 0 bridgehead atoms. The van der Waals surface area contributed by atoms with Gasteiger partial charge in [0.05, 0.1) is 0 Å². The van der Waals surface area contributed by atoms with Crippen LogP contribution in [0.15, 0.2) is 52.4 Å². The number of nitriles is 1. The first-order valence-corrected chi connectivity index (χ1v) is 8.94. The lowest BCUT2D eigenvalue weighted by atomic mass is 10.1. The van der Waals surface area contributed by atoms with E-state index in [1.165, 1.54) is 5.56 Å². The number of aliphatic imine (C=N–C) groups is 2. The van der Waals surface area contributed by atoms with Gasteiger partial charge in [-0.25, -0.2) is 4.99 Å². The summed E-state index contributed by atoms with van der Waals surface area (Å²) in [6.45, 7) is 6.24. The van der Waals surface area contributed by atoms with Crippen molar-refractivity contribution >= 4 is 17.7 Å². The van der Waals surface area contributed by atoms with Gasteiger partial charge in [-0.15, -0.1) is 0 Å². The average molecular weight is 364 g/mol. The number of hydrogen-bond acceptors (Lipinski definition) is 4. The van der Waals surface area contributed by atoms with Crippen LogP contribution in [-0.2, 0) is 0 Å². The Kier molecular flexibility index (Phi) is 9.95. The van der Waals surface area contributed by atoms with Gasteiger partial charge in [0.2, 0.25) is 0 Å². The molecule has 2 aromatic carbocycles. The zero-order valence-electron chi connectivity index (χ0n) is 16.6. The van der Waals surface area contributed by atoms with Crippen LogP contribution in [0.4, 0.5) is 5.69 Å².